The zero-order chi connectivity index (χ0) is 15.0. The molecule has 0 unspecified atom stereocenters. The Hall–Kier alpha value is -2.05. The average molecular weight is 347 g/mol. The minimum atomic E-state index is -1.85. The standard InChI is InChI=1S/C15H11BrN2O3/c16-10-1-2-12-11(7-10)15(21,14(20)18-12)8-13(19)9-3-5-17-6-4-9/h1-7,21H,8H2,(H,18,20)/t15-/m0/s1. The number of pyridine rings is 1. The van der Waals surface area contributed by atoms with Gasteiger partial charge < -0.3 is 10.4 Å². The van der Waals surface area contributed by atoms with Gasteiger partial charge in [0.1, 0.15) is 0 Å². The number of benzene rings is 1. The molecule has 0 radical (unpaired) electrons. The molecule has 5 nitrogen and oxygen atoms in total. The van der Waals surface area contributed by atoms with Gasteiger partial charge in [-0.1, -0.05) is 15.9 Å². The Morgan fingerprint density at radius 2 is 2.00 bits per heavy atom. The molecule has 1 amide bonds. The van der Waals surface area contributed by atoms with E-state index in [1.807, 2.05) is 0 Å². The van der Waals surface area contributed by atoms with E-state index < -0.39 is 11.5 Å². The number of nitrogens with zero attached hydrogens (tertiary/aromatic N) is 1. The normalized spacial score (nSPS) is 20.0. The van der Waals surface area contributed by atoms with Crippen LogP contribution in [-0.4, -0.2) is 21.8 Å². The fourth-order valence-electron chi connectivity index (χ4n) is 2.36. The molecule has 6 heteroatoms. The second-order valence-corrected chi connectivity index (χ2v) is 5.76. The topological polar surface area (TPSA) is 79.3 Å². The maximum Gasteiger partial charge on any atom is 0.261 e. The maximum atomic E-state index is 12.3. The van der Waals surface area contributed by atoms with Crippen LogP contribution in [0.3, 0.4) is 0 Å². The summed E-state index contributed by atoms with van der Waals surface area (Å²) in [6.45, 7) is 0. The number of nitrogens with one attached hydrogen (secondary N) is 1. The summed E-state index contributed by atoms with van der Waals surface area (Å²) in [5.41, 5.74) is -0.508. The number of hydrogen-bond donors (Lipinski definition) is 2. The Balaban J connectivity index is 1.97. The van der Waals surface area contributed by atoms with Crippen molar-refractivity contribution in [3.63, 3.8) is 0 Å². The van der Waals surface area contributed by atoms with Crippen molar-refractivity contribution in [3.8, 4) is 0 Å². The van der Waals surface area contributed by atoms with Crippen molar-refractivity contribution < 1.29 is 14.7 Å². The van der Waals surface area contributed by atoms with Gasteiger partial charge in [-0.2, -0.15) is 0 Å². The van der Waals surface area contributed by atoms with E-state index in [0.717, 1.165) is 4.47 Å². The quantitative estimate of drug-likeness (QED) is 0.835. The van der Waals surface area contributed by atoms with Gasteiger partial charge in [-0.15, -0.1) is 0 Å². The summed E-state index contributed by atoms with van der Waals surface area (Å²) in [7, 11) is 0. The van der Waals surface area contributed by atoms with E-state index >= 15 is 0 Å². The summed E-state index contributed by atoms with van der Waals surface area (Å²) in [6.07, 6.45) is 2.68. The predicted molar refractivity (Wildman–Crippen MR) is 79.9 cm³/mol. The monoisotopic (exact) mass is 346 g/mol. The van der Waals surface area contributed by atoms with Gasteiger partial charge >= 0.3 is 0 Å². The number of Topliss-reactive ketones (excluding diaryl/α,β-unsaturated/α-hetero) is 1. The molecule has 0 aliphatic carbocycles. The second-order valence-electron chi connectivity index (χ2n) is 4.84. The first-order valence-corrected chi connectivity index (χ1v) is 7.07. The zero-order valence-electron chi connectivity index (χ0n) is 10.8. The number of halogens is 1. The van der Waals surface area contributed by atoms with Crippen molar-refractivity contribution in [3.05, 3.63) is 58.3 Å². The largest absolute Gasteiger partial charge is 0.375 e. The highest BCUT2D eigenvalue weighted by molar-refractivity contribution is 9.10. The van der Waals surface area contributed by atoms with Crippen LogP contribution in [0.25, 0.3) is 0 Å². The van der Waals surface area contributed by atoms with Crippen LogP contribution in [0.1, 0.15) is 22.3 Å². The van der Waals surface area contributed by atoms with Crippen LogP contribution in [0.15, 0.2) is 47.2 Å². The first kappa shape index (κ1) is 13.9. The van der Waals surface area contributed by atoms with Crippen LogP contribution in [-0.2, 0) is 10.4 Å². The fourth-order valence-corrected chi connectivity index (χ4v) is 2.72. The molecular weight excluding hydrogens is 336 g/mol. The van der Waals surface area contributed by atoms with E-state index in [4.69, 9.17) is 0 Å². The second kappa shape index (κ2) is 5.05. The summed E-state index contributed by atoms with van der Waals surface area (Å²) < 4.78 is 0.729. The SMILES string of the molecule is O=C(C[C@@]1(O)C(=O)Nc2ccc(Br)cc21)c1ccncc1. The third-order valence-corrected chi connectivity index (χ3v) is 3.96. The number of carbonyl (C=O) groups excluding carboxylic acids is 2. The Labute approximate surface area is 129 Å². The first-order valence-electron chi connectivity index (χ1n) is 6.28. The molecule has 1 atom stereocenters. The Morgan fingerprint density at radius 1 is 1.29 bits per heavy atom. The molecule has 0 bridgehead atoms. The van der Waals surface area contributed by atoms with Crippen molar-refractivity contribution in [2.75, 3.05) is 5.32 Å². The molecule has 2 heterocycles. The van der Waals surface area contributed by atoms with Gasteiger partial charge in [0.15, 0.2) is 11.4 Å². The first-order chi connectivity index (χ1) is 10.0. The summed E-state index contributed by atoms with van der Waals surface area (Å²) in [5.74, 6) is -0.902. The minimum absolute atomic E-state index is 0.313. The van der Waals surface area contributed by atoms with E-state index in [1.165, 1.54) is 12.4 Å². The lowest BCUT2D eigenvalue weighted by atomic mass is 9.88. The van der Waals surface area contributed by atoms with Crippen LogP contribution in [0.5, 0.6) is 0 Å². The van der Waals surface area contributed by atoms with E-state index in [0.29, 0.717) is 16.8 Å². The van der Waals surface area contributed by atoms with Gasteiger partial charge in [-0.25, -0.2) is 0 Å². The molecular formula is C15H11BrN2O3. The van der Waals surface area contributed by atoms with Crippen molar-refractivity contribution in [1.29, 1.82) is 0 Å². The number of ketones is 1. The zero-order valence-corrected chi connectivity index (χ0v) is 12.4. The smallest absolute Gasteiger partial charge is 0.261 e. The van der Waals surface area contributed by atoms with Gasteiger partial charge in [-0.05, 0) is 30.3 Å². The third kappa shape index (κ3) is 2.36. The number of amides is 1. The van der Waals surface area contributed by atoms with E-state index in [1.54, 1.807) is 30.3 Å². The summed E-state index contributed by atoms with van der Waals surface area (Å²) in [5, 5.41) is 13.3. The molecule has 0 saturated heterocycles. The molecule has 2 aromatic rings. The van der Waals surface area contributed by atoms with Crippen LogP contribution < -0.4 is 5.32 Å². The van der Waals surface area contributed by atoms with Gasteiger partial charge in [0, 0.05) is 33.7 Å². The molecule has 1 aliphatic rings. The van der Waals surface area contributed by atoms with Gasteiger partial charge in [-0.3, -0.25) is 14.6 Å². The number of fused-ring (bicyclic) bond motifs is 1. The molecule has 21 heavy (non-hydrogen) atoms. The molecule has 1 aliphatic heterocycles. The average Bonchev–Trinajstić information content (AvgIpc) is 2.72. The predicted octanol–water partition coefficient (Wildman–Crippen LogP) is 2.26. The molecule has 0 fully saturated rings. The van der Waals surface area contributed by atoms with Gasteiger partial charge in [0.05, 0.1) is 6.42 Å². The number of hydrogen-bond acceptors (Lipinski definition) is 4. The minimum Gasteiger partial charge on any atom is -0.375 e. The third-order valence-electron chi connectivity index (χ3n) is 3.47. The number of rotatable bonds is 3. The number of carbonyl (C=O) groups is 2. The molecule has 0 spiro atoms. The maximum absolute atomic E-state index is 12.3. The van der Waals surface area contributed by atoms with Crippen LogP contribution in [0, 0.1) is 0 Å². The molecule has 1 aromatic heterocycles. The van der Waals surface area contributed by atoms with Crippen LogP contribution in [0.2, 0.25) is 0 Å². The lowest BCUT2D eigenvalue weighted by Crippen LogP contribution is -2.36. The van der Waals surface area contributed by atoms with Crippen molar-refractivity contribution in [1.82, 2.24) is 4.98 Å². The van der Waals surface area contributed by atoms with Gasteiger partial charge in [0.2, 0.25) is 0 Å². The molecule has 106 valence electrons. The number of aliphatic hydroxyl groups is 1. The Morgan fingerprint density at radius 3 is 2.71 bits per heavy atom. The van der Waals surface area contributed by atoms with Gasteiger partial charge in [0.25, 0.3) is 5.91 Å². The van der Waals surface area contributed by atoms with E-state index in [2.05, 4.69) is 26.2 Å². The number of aromatic nitrogens is 1. The number of anilines is 1. The Kier molecular flexibility index (Phi) is 3.35. The molecule has 3 rings (SSSR count). The lowest BCUT2D eigenvalue weighted by molar-refractivity contribution is -0.133. The lowest BCUT2D eigenvalue weighted by Gasteiger charge is -2.20. The summed E-state index contributed by atoms with van der Waals surface area (Å²) >= 11 is 3.30. The highest BCUT2D eigenvalue weighted by Crippen LogP contribution is 2.40. The van der Waals surface area contributed by atoms with E-state index in [-0.39, 0.29) is 12.2 Å². The van der Waals surface area contributed by atoms with E-state index in [9.17, 15) is 14.7 Å². The van der Waals surface area contributed by atoms with Crippen molar-refractivity contribution in [2.24, 2.45) is 0 Å². The summed E-state index contributed by atoms with van der Waals surface area (Å²) in [4.78, 5) is 28.2. The summed E-state index contributed by atoms with van der Waals surface area (Å²) in [6, 6.07) is 8.20. The highest BCUT2D eigenvalue weighted by Gasteiger charge is 2.46. The van der Waals surface area contributed by atoms with Crippen molar-refractivity contribution >= 4 is 33.3 Å². The molecule has 2 N–H and O–H groups in total. The van der Waals surface area contributed by atoms with Crippen LogP contribution >= 0.6 is 15.9 Å². The van der Waals surface area contributed by atoms with Crippen LogP contribution in [0.4, 0.5) is 5.69 Å². The fraction of sp³-hybridized carbons (Fsp3) is 0.133. The Bertz CT molecular complexity index is 733. The molecule has 0 saturated carbocycles. The van der Waals surface area contributed by atoms with Crippen molar-refractivity contribution in [2.45, 2.75) is 12.0 Å². The highest BCUT2D eigenvalue weighted by atomic mass is 79.9. The molecule has 1 aromatic carbocycles.